The van der Waals surface area contributed by atoms with Crippen LogP contribution in [0.2, 0.25) is 5.02 Å². The Kier molecular flexibility index (Phi) is 3.60. The quantitative estimate of drug-likeness (QED) is 0.902. The van der Waals surface area contributed by atoms with Gasteiger partial charge in [-0.15, -0.1) is 22.7 Å². The van der Waals surface area contributed by atoms with Gasteiger partial charge >= 0.3 is 6.18 Å². The van der Waals surface area contributed by atoms with Crippen molar-refractivity contribution >= 4 is 39.4 Å². The van der Waals surface area contributed by atoms with Gasteiger partial charge in [-0.3, -0.25) is 0 Å². The molecular formula is C9H6ClF3N2S2. The average Bonchev–Trinajstić information content (AvgIpc) is 2.81. The van der Waals surface area contributed by atoms with E-state index in [9.17, 15) is 13.2 Å². The SMILES string of the molecule is FC(F)(F)CNc1nc(-c2sccc2Cl)cs1. The van der Waals surface area contributed by atoms with Gasteiger partial charge in [-0.1, -0.05) is 11.6 Å². The molecular weight excluding hydrogens is 293 g/mol. The van der Waals surface area contributed by atoms with Crippen LogP contribution < -0.4 is 5.32 Å². The number of rotatable bonds is 3. The summed E-state index contributed by atoms with van der Waals surface area (Å²) < 4.78 is 35.9. The number of thiazole rings is 1. The van der Waals surface area contributed by atoms with Gasteiger partial charge < -0.3 is 5.32 Å². The van der Waals surface area contributed by atoms with E-state index in [0.29, 0.717) is 10.7 Å². The smallest absolute Gasteiger partial charge is 0.352 e. The minimum absolute atomic E-state index is 0.238. The average molecular weight is 299 g/mol. The summed E-state index contributed by atoms with van der Waals surface area (Å²) in [4.78, 5) is 4.82. The van der Waals surface area contributed by atoms with E-state index in [0.717, 1.165) is 16.2 Å². The zero-order valence-corrected chi connectivity index (χ0v) is 10.6. The topological polar surface area (TPSA) is 24.9 Å². The molecule has 2 aromatic heterocycles. The van der Waals surface area contributed by atoms with Crippen molar-refractivity contribution in [1.29, 1.82) is 0 Å². The van der Waals surface area contributed by atoms with E-state index in [1.165, 1.54) is 11.3 Å². The van der Waals surface area contributed by atoms with Crippen LogP contribution in [0.15, 0.2) is 16.8 Å². The van der Waals surface area contributed by atoms with Crippen molar-refractivity contribution in [1.82, 2.24) is 4.98 Å². The number of hydrogen-bond donors (Lipinski definition) is 1. The molecule has 0 saturated heterocycles. The number of alkyl halides is 3. The maximum atomic E-state index is 12.0. The predicted octanol–water partition coefficient (Wildman–Crippen LogP) is 4.50. The molecule has 2 nitrogen and oxygen atoms in total. The maximum absolute atomic E-state index is 12.0. The number of nitrogens with one attached hydrogen (secondary N) is 1. The molecule has 2 heterocycles. The van der Waals surface area contributed by atoms with Gasteiger partial charge in [0.15, 0.2) is 5.13 Å². The fourth-order valence-corrected chi connectivity index (χ4v) is 3.00. The predicted molar refractivity (Wildman–Crippen MR) is 65.0 cm³/mol. The zero-order chi connectivity index (χ0) is 12.5. The molecule has 8 heteroatoms. The highest BCUT2D eigenvalue weighted by Crippen LogP contribution is 2.34. The molecule has 0 fully saturated rings. The number of thiophene rings is 1. The molecule has 0 aliphatic heterocycles. The van der Waals surface area contributed by atoms with Crippen LogP contribution in [0, 0.1) is 0 Å². The van der Waals surface area contributed by atoms with Gasteiger partial charge in [0, 0.05) is 5.38 Å². The fraction of sp³-hybridized carbons (Fsp3) is 0.222. The van der Waals surface area contributed by atoms with E-state index < -0.39 is 12.7 Å². The second-order valence-electron chi connectivity index (χ2n) is 3.10. The maximum Gasteiger partial charge on any atom is 0.405 e. The minimum Gasteiger partial charge on any atom is -0.352 e. The van der Waals surface area contributed by atoms with Crippen LogP contribution in [0.25, 0.3) is 10.6 Å². The molecule has 0 atom stereocenters. The molecule has 0 saturated carbocycles. The number of halogens is 4. The lowest BCUT2D eigenvalue weighted by Gasteiger charge is -2.05. The number of aromatic nitrogens is 1. The lowest BCUT2D eigenvalue weighted by atomic mass is 10.4. The molecule has 2 rings (SSSR count). The van der Waals surface area contributed by atoms with E-state index in [1.54, 1.807) is 16.8 Å². The first-order valence-corrected chi connectivity index (χ1v) is 6.59. The third-order valence-corrected chi connectivity index (χ3v) is 3.96. The number of hydrogen-bond acceptors (Lipinski definition) is 4. The molecule has 0 spiro atoms. The van der Waals surface area contributed by atoms with Gasteiger partial charge in [0.25, 0.3) is 0 Å². The lowest BCUT2D eigenvalue weighted by Crippen LogP contribution is -2.21. The first-order valence-electron chi connectivity index (χ1n) is 4.45. The normalized spacial score (nSPS) is 11.8. The van der Waals surface area contributed by atoms with Crippen molar-refractivity contribution < 1.29 is 13.2 Å². The third kappa shape index (κ3) is 3.34. The first kappa shape index (κ1) is 12.7. The molecule has 0 aliphatic carbocycles. The van der Waals surface area contributed by atoms with Crippen molar-refractivity contribution in [3.63, 3.8) is 0 Å². The Labute approximate surface area is 108 Å². The van der Waals surface area contributed by atoms with Gasteiger partial charge in [0.2, 0.25) is 0 Å². The van der Waals surface area contributed by atoms with Crippen molar-refractivity contribution in [2.45, 2.75) is 6.18 Å². The van der Waals surface area contributed by atoms with Crippen molar-refractivity contribution in [2.24, 2.45) is 0 Å². The summed E-state index contributed by atoms with van der Waals surface area (Å²) in [6, 6.07) is 1.73. The Balaban J connectivity index is 2.09. The van der Waals surface area contributed by atoms with Crippen LogP contribution in [0.5, 0.6) is 0 Å². The van der Waals surface area contributed by atoms with Crippen molar-refractivity contribution in [2.75, 3.05) is 11.9 Å². The summed E-state index contributed by atoms with van der Waals surface area (Å²) in [6.07, 6.45) is -4.24. The van der Waals surface area contributed by atoms with Crippen LogP contribution in [0.1, 0.15) is 0 Å². The lowest BCUT2D eigenvalue weighted by molar-refractivity contribution is -0.115. The molecule has 0 radical (unpaired) electrons. The Hall–Kier alpha value is -0.790. The highest BCUT2D eigenvalue weighted by atomic mass is 35.5. The van der Waals surface area contributed by atoms with E-state index in [2.05, 4.69) is 10.3 Å². The summed E-state index contributed by atoms with van der Waals surface area (Å²) in [5.74, 6) is 0. The van der Waals surface area contributed by atoms with Crippen LogP contribution in [-0.2, 0) is 0 Å². The summed E-state index contributed by atoms with van der Waals surface area (Å²) >= 11 is 8.43. The van der Waals surface area contributed by atoms with Crippen molar-refractivity contribution in [3.05, 3.63) is 21.8 Å². The molecule has 17 heavy (non-hydrogen) atoms. The summed E-state index contributed by atoms with van der Waals surface area (Å²) in [6.45, 7) is -1.09. The van der Waals surface area contributed by atoms with Crippen LogP contribution in [-0.4, -0.2) is 17.7 Å². The van der Waals surface area contributed by atoms with E-state index >= 15 is 0 Å². The van der Waals surface area contributed by atoms with Gasteiger partial charge in [0.05, 0.1) is 15.6 Å². The minimum atomic E-state index is -4.24. The molecule has 1 N–H and O–H groups in total. The Morgan fingerprint density at radius 1 is 1.35 bits per heavy atom. The monoisotopic (exact) mass is 298 g/mol. The summed E-state index contributed by atoms with van der Waals surface area (Å²) in [5, 5.41) is 6.51. The Morgan fingerprint density at radius 2 is 2.12 bits per heavy atom. The Morgan fingerprint density at radius 3 is 2.71 bits per heavy atom. The van der Waals surface area contributed by atoms with Gasteiger partial charge in [-0.25, -0.2) is 4.98 Å². The molecule has 2 aromatic rings. The van der Waals surface area contributed by atoms with E-state index in [-0.39, 0.29) is 5.13 Å². The van der Waals surface area contributed by atoms with Gasteiger partial charge in [-0.2, -0.15) is 13.2 Å². The fourth-order valence-electron chi connectivity index (χ4n) is 1.11. The van der Waals surface area contributed by atoms with Crippen LogP contribution >= 0.6 is 34.3 Å². The number of anilines is 1. The summed E-state index contributed by atoms with van der Waals surface area (Å²) in [7, 11) is 0. The Bertz CT molecular complexity index is 506. The van der Waals surface area contributed by atoms with E-state index in [1.807, 2.05) is 0 Å². The molecule has 0 aliphatic rings. The molecule has 0 unspecified atom stereocenters. The van der Waals surface area contributed by atoms with Crippen LogP contribution in [0.4, 0.5) is 18.3 Å². The van der Waals surface area contributed by atoms with Crippen LogP contribution in [0.3, 0.4) is 0 Å². The molecule has 0 bridgehead atoms. The zero-order valence-electron chi connectivity index (χ0n) is 8.21. The molecule has 0 amide bonds. The van der Waals surface area contributed by atoms with Gasteiger partial charge in [-0.05, 0) is 11.4 Å². The first-order chi connectivity index (χ1) is 7.96. The largest absolute Gasteiger partial charge is 0.405 e. The second kappa shape index (κ2) is 4.83. The number of nitrogens with zero attached hydrogens (tertiary/aromatic N) is 1. The summed E-state index contributed by atoms with van der Waals surface area (Å²) in [5.41, 5.74) is 0.597. The van der Waals surface area contributed by atoms with Crippen molar-refractivity contribution in [3.8, 4) is 10.6 Å². The van der Waals surface area contributed by atoms with Gasteiger partial charge in [0.1, 0.15) is 6.54 Å². The second-order valence-corrected chi connectivity index (χ2v) is 5.29. The standard InChI is InChI=1S/C9H6ClF3N2S2/c10-5-1-2-16-7(5)6-3-17-8(15-6)14-4-9(11,12)13/h1-3H,4H2,(H,14,15). The third-order valence-electron chi connectivity index (χ3n) is 1.79. The highest BCUT2D eigenvalue weighted by Gasteiger charge is 2.27. The van der Waals surface area contributed by atoms with E-state index in [4.69, 9.17) is 11.6 Å². The molecule has 92 valence electrons. The highest BCUT2D eigenvalue weighted by molar-refractivity contribution is 7.16. The molecule has 0 aromatic carbocycles.